The van der Waals surface area contributed by atoms with E-state index >= 15 is 0 Å². The molecule has 2 atom stereocenters. The number of rotatable bonds is 6. The summed E-state index contributed by atoms with van der Waals surface area (Å²) in [6.07, 6.45) is 2.62. The van der Waals surface area contributed by atoms with E-state index in [2.05, 4.69) is 96.9 Å². The van der Waals surface area contributed by atoms with Crippen molar-refractivity contribution < 1.29 is 0 Å². The highest BCUT2D eigenvalue weighted by atomic mass is 14.9. The SMILES string of the molecule is CC1=C(C)CC2(C(C)C)C(C(C)C)(C1)C(C(C)C)(C(C)C)C2(C(C)C)C(C)C. The Kier molecular flexibility index (Phi) is 6.14. The largest absolute Gasteiger partial charge is 0.0738 e. The predicted octanol–water partition coefficient (Wildman–Crippen LogP) is 9.01. The zero-order valence-corrected chi connectivity index (χ0v) is 21.9. The highest BCUT2D eigenvalue weighted by molar-refractivity contribution is 5.41. The summed E-state index contributed by atoms with van der Waals surface area (Å²) in [7, 11) is 0. The molecule has 0 aromatic rings. The quantitative estimate of drug-likeness (QED) is 0.398. The highest BCUT2D eigenvalue weighted by Crippen LogP contribution is 2.93. The molecule has 0 amide bonds. The Bertz CT molecular complexity index is 542. The van der Waals surface area contributed by atoms with Crippen molar-refractivity contribution in [1.82, 2.24) is 0 Å². The standard InChI is InChI=1S/C28H52/c1-17(2)25-15-23(13)24(14)16-26(25,18(3)4)28(21(9)10,22(11)12)27(25,19(5)6)20(7)8/h17-22H,15-16H2,1-14H3. The minimum absolute atomic E-state index is 0.364. The van der Waals surface area contributed by atoms with Crippen LogP contribution < -0.4 is 0 Å². The molecule has 0 heterocycles. The Morgan fingerprint density at radius 3 is 0.786 bits per heavy atom. The van der Waals surface area contributed by atoms with Crippen LogP contribution in [0.15, 0.2) is 11.1 Å². The van der Waals surface area contributed by atoms with E-state index in [4.69, 9.17) is 0 Å². The van der Waals surface area contributed by atoms with Crippen LogP contribution in [0.2, 0.25) is 0 Å². The third-order valence-electron chi connectivity index (χ3n) is 10.4. The van der Waals surface area contributed by atoms with Gasteiger partial charge in [0.25, 0.3) is 0 Å². The molecule has 28 heavy (non-hydrogen) atoms. The van der Waals surface area contributed by atoms with Crippen molar-refractivity contribution >= 4 is 0 Å². The number of allylic oxidation sites excluding steroid dienone is 2. The lowest BCUT2D eigenvalue weighted by atomic mass is 9.12. The minimum atomic E-state index is 0.364. The van der Waals surface area contributed by atoms with Crippen LogP contribution in [0.5, 0.6) is 0 Å². The Balaban J connectivity index is 3.15. The smallest absolute Gasteiger partial charge is 0.0103 e. The van der Waals surface area contributed by atoms with Crippen LogP contribution in [-0.2, 0) is 0 Å². The summed E-state index contributed by atoms with van der Waals surface area (Å²) in [5, 5.41) is 0. The van der Waals surface area contributed by atoms with Crippen molar-refractivity contribution in [2.45, 2.75) is 110 Å². The summed E-state index contributed by atoms with van der Waals surface area (Å²) < 4.78 is 0. The van der Waals surface area contributed by atoms with Crippen LogP contribution in [0, 0.1) is 57.2 Å². The van der Waals surface area contributed by atoms with E-state index < -0.39 is 0 Å². The van der Waals surface area contributed by atoms with Crippen LogP contribution in [-0.4, -0.2) is 0 Å². The first-order valence-electron chi connectivity index (χ1n) is 12.3. The molecule has 0 saturated heterocycles. The van der Waals surface area contributed by atoms with Crippen LogP contribution in [0.25, 0.3) is 0 Å². The maximum absolute atomic E-state index is 2.56. The van der Waals surface area contributed by atoms with Gasteiger partial charge in [0, 0.05) is 0 Å². The van der Waals surface area contributed by atoms with Crippen molar-refractivity contribution in [3.8, 4) is 0 Å². The van der Waals surface area contributed by atoms with Gasteiger partial charge in [-0.2, -0.15) is 0 Å². The fraction of sp³-hybridized carbons (Fsp3) is 0.929. The van der Waals surface area contributed by atoms with Crippen molar-refractivity contribution in [2.75, 3.05) is 0 Å². The molecular formula is C28H52. The van der Waals surface area contributed by atoms with Crippen molar-refractivity contribution in [3.05, 3.63) is 11.1 Å². The van der Waals surface area contributed by atoms with E-state index in [0.717, 1.165) is 0 Å². The number of hydrogen-bond donors (Lipinski definition) is 0. The van der Waals surface area contributed by atoms with Crippen LogP contribution in [0.3, 0.4) is 0 Å². The molecule has 2 rings (SSSR count). The van der Waals surface area contributed by atoms with Gasteiger partial charge in [-0.15, -0.1) is 0 Å². The highest BCUT2D eigenvalue weighted by Gasteiger charge is 2.89. The predicted molar refractivity (Wildman–Crippen MR) is 126 cm³/mol. The Morgan fingerprint density at radius 1 is 0.429 bits per heavy atom. The lowest BCUT2D eigenvalue weighted by Crippen LogP contribution is -2.87. The Hall–Kier alpha value is -0.260. The molecule has 0 aliphatic heterocycles. The molecule has 0 aromatic heterocycles. The van der Waals surface area contributed by atoms with E-state index in [1.807, 2.05) is 0 Å². The van der Waals surface area contributed by atoms with Crippen LogP contribution >= 0.6 is 0 Å². The van der Waals surface area contributed by atoms with Crippen LogP contribution in [0.4, 0.5) is 0 Å². The van der Waals surface area contributed by atoms with E-state index in [0.29, 0.717) is 57.2 Å². The second-order valence-corrected chi connectivity index (χ2v) is 12.5. The van der Waals surface area contributed by atoms with Gasteiger partial charge in [0.05, 0.1) is 0 Å². The summed E-state index contributed by atoms with van der Waals surface area (Å²) in [4.78, 5) is 0. The number of fused-ring (bicyclic) bond motifs is 1. The monoisotopic (exact) mass is 388 g/mol. The summed E-state index contributed by atoms with van der Waals surface area (Å²) >= 11 is 0. The Morgan fingerprint density at radius 2 is 0.643 bits per heavy atom. The lowest BCUT2D eigenvalue weighted by Gasteiger charge is -2.91. The first-order chi connectivity index (χ1) is 12.7. The average molecular weight is 389 g/mol. The third kappa shape index (κ3) is 2.14. The normalized spacial score (nSPS) is 32.1. The second-order valence-electron chi connectivity index (χ2n) is 12.5. The minimum Gasteiger partial charge on any atom is -0.0738 e. The maximum atomic E-state index is 2.56. The van der Waals surface area contributed by atoms with E-state index in [9.17, 15) is 0 Å². The summed E-state index contributed by atoms with van der Waals surface area (Å²) in [5.74, 6) is 4.17. The molecule has 2 aliphatic carbocycles. The van der Waals surface area contributed by atoms with Gasteiger partial charge in [0.2, 0.25) is 0 Å². The zero-order valence-electron chi connectivity index (χ0n) is 21.9. The molecule has 0 radical (unpaired) electrons. The molecule has 0 spiro atoms. The Labute approximate surface area is 178 Å². The van der Waals surface area contributed by atoms with E-state index in [-0.39, 0.29) is 0 Å². The maximum Gasteiger partial charge on any atom is -0.0103 e. The average Bonchev–Trinajstić information content (AvgIpc) is 2.51. The summed E-state index contributed by atoms with van der Waals surface area (Å²) in [5.41, 5.74) is 4.88. The molecule has 164 valence electrons. The summed E-state index contributed by atoms with van der Waals surface area (Å²) in [6, 6.07) is 0. The zero-order chi connectivity index (χ0) is 22.0. The summed E-state index contributed by atoms with van der Waals surface area (Å²) in [6.45, 7) is 35.7. The van der Waals surface area contributed by atoms with E-state index in [1.54, 1.807) is 11.1 Å². The van der Waals surface area contributed by atoms with Gasteiger partial charge >= 0.3 is 0 Å². The molecule has 0 nitrogen and oxygen atoms in total. The first kappa shape index (κ1) is 24.0. The fourth-order valence-corrected chi connectivity index (χ4v) is 10.9. The first-order valence-corrected chi connectivity index (χ1v) is 12.3. The fourth-order valence-electron chi connectivity index (χ4n) is 10.9. The third-order valence-corrected chi connectivity index (χ3v) is 10.4. The van der Waals surface area contributed by atoms with Gasteiger partial charge < -0.3 is 0 Å². The molecule has 0 bridgehead atoms. The van der Waals surface area contributed by atoms with Gasteiger partial charge in [0.1, 0.15) is 0 Å². The van der Waals surface area contributed by atoms with Crippen LogP contribution in [0.1, 0.15) is 110 Å². The topological polar surface area (TPSA) is 0 Å². The molecule has 2 unspecified atom stereocenters. The molecule has 2 aliphatic rings. The van der Waals surface area contributed by atoms with Crippen molar-refractivity contribution in [3.63, 3.8) is 0 Å². The van der Waals surface area contributed by atoms with Gasteiger partial charge in [0.15, 0.2) is 0 Å². The second kappa shape index (κ2) is 7.16. The lowest BCUT2D eigenvalue weighted by molar-refractivity contribution is -0.441. The van der Waals surface area contributed by atoms with Crippen molar-refractivity contribution in [2.24, 2.45) is 57.2 Å². The van der Waals surface area contributed by atoms with Gasteiger partial charge in [-0.05, 0) is 83.9 Å². The molecular weight excluding hydrogens is 336 g/mol. The molecule has 0 aromatic carbocycles. The number of hydrogen-bond acceptors (Lipinski definition) is 0. The van der Waals surface area contributed by atoms with Gasteiger partial charge in [-0.3, -0.25) is 0 Å². The molecule has 0 heteroatoms. The van der Waals surface area contributed by atoms with Gasteiger partial charge in [-0.1, -0.05) is 94.2 Å². The van der Waals surface area contributed by atoms with Gasteiger partial charge in [-0.25, -0.2) is 0 Å². The van der Waals surface area contributed by atoms with E-state index in [1.165, 1.54) is 12.8 Å². The van der Waals surface area contributed by atoms with Crippen molar-refractivity contribution in [1.29, 1.82) is 0 Å². The molecule has 0 N–H and O–H groups in total. The molecule has 1 saturated carbocycles. The molecule has 1 fully saturated rings.